The number of nitrogens with one attached hydrogen (secondary N) is 1. The number of H-pyrrole nitrogens is 1. The number of aromatic amines is 1. The fraction of sp³-hybridized carbons (Fsp3) is 0.276. The van der Waals surface area contributed by atoms with Gasteiger partial charge in [-0.15, -0.1) is 0 Å². The summed E-state index contributed by atoms with van der Waals surface area (Å²) < 4.78 is 6.96. The summed E-state index contributed by atoms with van der Waals surface area (Å²) in [4.78, 5) is 14.7. The predicted octanol–water partition coefficient (Wildman–Crippen LogP) is 5.58. The molecule has 0 saturated heterocycles. The van der Waals surface area contributed by atoms with Gasteiger partial charge in [0.05, 0.1) is 5.56 Å². The molecule has 1 aromatic heterocycles. The van der Waals surface area contributed by atoms with E-state index in [1.165, 1.54) is 16.5 Å². The van der Waals surface area contributed by atoms with Crippen molar-refractivity contribution in [3.63, 3.8) is 0 Å². The minimum absolute atomic E-state index is 0.383. The molecule has 2 unspecified atom stereocenters. The molecule has 0 radical (unpaired) electrons. The average Bonchev–Trinajstić information content (AvgIpc) is 3.40. The summed E-state index contributed by atoms with van der Waals surface area (Å²) in [6.45, 7) is 0. The topological polar surface area (TPSA) is 75.9 Å². The number of aliphatic imine (C=N–C) groups is 1. The van der Waals surface area contributed by atoms with E-state index in [0.29, 0.717) is 12.4 Å². The number of nitrogens with two attached hydrogens (primary N) is 1. The van der Waals surface area contributed by atoms with E-state index in [-0.39, 0.29) is 0 Å². The Balaban J connectivity index is 1.41. The van der Waals surface area contributed by atoms with Gasteiger partial charge in [-0.25, -0.2) is 14.9 Å². The predicted molar refractivity (Wildman–Crippen MR) is 137 cm³/mol. The minimum Gasteiger partial charge on any atom is -0.482 e. The van der Waals surface area contributed by atoms with E-state index in [4.69, 9.17) is 20.3 Å². The standard InChI is InChI=1S/C29H28N4O2/c1-33-27(30)32-29(35-33)18-28(14-5-4-7-19-6-2-3-8-23(19)28)34-26-12-11-21(16-24(26)29)22-10-9-20-13-15-31-25(20)17-22/h2-3,6,8-13,15-17,31H,4-5,7,14,18H2,1H3,(H2,30,32). The Labute approximate surface area is 204 Å². The van der Waals surface area contributed by atoms with Gasteiger partial charge in [0.25, 0.3) is 0 Å². The van der Waals surface area contributed by atoms with E-state index < -0.39 is 11.3 Å². The van der Waals surface area contributed by atoms with E-state index in [2.05, 4.69) is 71.7 Å². The number of hydrogen-bond donors (Lipinski definition) is 2. The van der Waals surface area contributed by atoms with Crippen molar-refractivity contribution >= 4 is 16.9 Å². The van der Waals surface area contributed by atoms with Crippen molar-refractivity contribution in [1.29, 1.82) is 0 Å². The van der Waals surface area contributed by atoms with Gasteiger partial charge in [-0.2, -0.15) is 0 Å². The number of guanidine groups is 1. The second kappa shape index (κ2) is 7.36. The third-order valence-corrected chi connectivity index (χ3v) is 7.81. The van der Waals surface area contributed by atoms with Gasteiger partial charge in [0.15, 0.2) is 0 Å². The highest BCUT2D eigenvalue weighted by molar-refractivity contribution is 5.85. The number of aromatic nitrogens is 1. The van der Waals surface area contributed by atoms with E-state index in [1.54, 1.807) is 5.06 Å². The van der Waals surface area contributed by atoms with E-state index in [9.17, 15) is 0 Å². The summed E-state index contributed by atoms with van der Waals surface area (Å²) in [7, 11) is 1.82. The number of rotatable bonds is 1. The maximum absolute atomic E-state index is 6.96. The first-order chi connectivity index (χ1) is 17.1. The molecule has 7 rings (SSSR count). The monoisotopic (exact) mass is 464 g/mol. The van der Waals surface area contributed by atoms with Gasteiger partial charge in [0.2, 0.25) is 11.7 Å². The molecule has 0 fully saturated rings. The zero-order valence-corrected chi connectivity index (χ0v) is 19.8. The lowest BCUT2D eigenvalue weighted by molar-refractivity contribution is -0.206. The normalized spacial score (nSPS) is 25.3. The van der Waals surface area contributed by atoms with Crippen molar-refractivity contribution in [3.8, 4) is 16.9 Å². The van der Waals surface area contributed by atoms with Crippen LogP contribution in [0.4, 0.5) is 0 Å². The molecule has 6 heteroatoms. The summed E-state index contributed by atoms with van der Waals surface area (Å²) >= 11 is 0. The molecule has 176 valence electrons. The third kappa shape index (κ3) is 3.09. The Morgan fingerprint density at radius 2 is 1.83 bits per heavy atom. The van der Waals surface area contributed by atoms with Gasteiger partial charge >= 0.3 is 0 Å². The number of aryl methyl sites for hydroxylation is 1. The molecule has 2 spiro atoms. The van der Waals surface area contributed by atoms with Crippen molar-refractivity contribution in [2.75, 3.05) is 7.05 Å². The molecule has 3 N–H and O–H groups in total. The molecule has 4 aromatic rings. The molecule has 2 atom stereocenters. The highest BCUT2D eigenvalue weighted by atomic mass is 16.7. The van der Waals surface area contributed by atoms with Crippen LogP contribution in [0.15, 0.2) is 77.9 Å². The Bertz CT molecular complexity index is 1490. The fourth-order valence-corrected chi connectivity index (χ4v) is 6.12. The lowest BCUT2D eigenvalue weighted by atomic mass is 9.76. The maximum Gasteiger partial charge on any atom is 0.222 e. The molecule has 1 aliphatic carbocycles. The molecule has 0 amide bonds. The summed E-state index contributed by atoms with van der Waals surface area (Å²) in [6.07, 6.45) is 6.76. The van der Waals surface area contributed by atoms with E-state index in [0.717, 1.165) is 53.6 Å². The first-order valence-electron chi connectivity index (χ1n) is 12.3. The highest BCUT2D eigenvalue weighted by Crippen LogP contribution is 2.55. The summed E-state index contributed by atoms with van der Waals surface area (Å²) in [5, 5.41) is 2.78. The van der Waals surface area contributed by atoms with Crippen LogP contribution >= 0.6 is 0 Å². The van der Waals surface area contributed by atoms with Crippen molar-refractivity contribution < 1.29 is 9.57 Å². The molecular weight excluding hydrogens is 436 g/mol. The van der Waals surface area contributed by atoms with Gasteiger partial charge in [0.1, 0.15) is 11.4 Å². The van der Waals surface area contributed by atoms with Crippen molar-refractivity contribution in [2.45, 2.75) is 43.4 Å². The number of nitrogens with zero attached hydrogens (tertiary/aromatic N) is 2. The fourth-order valence-electron chi connectivity index (χ4n) is 6.12. The van der Waals surface area contributed by atoms with Crippen LogP contribution in [0.3, 0.4) is 0 Å². The van der Waals surface area contributed by atoms with Crippen molar-refractivity contribution in [3.05, 3.63) is 89.6 Å². The Kier molecular flexibility index (Phi) is 4.33. The van der Waals surface area contributed by atoms with Gasteiger partial charge in [-0.05, 0) is 77.6 Å². The van der Waals surface area contributed by atoms with Crippen molar-refractivity contribution in [2.24, 2.45) is 10.7 Å². The molecule has 3 aromatic carbocycles. The smallest absolute Gasteiger partial charge is 0.222 e. The second-order valence-corrected chi connectivity index (χ2v) is 9.97. The summed E-state index contributed by atoms with van der Waals surface area (Å²) in [6, 6.07) is 23.6. The number of fused-ring (bicyclic) bond motifs is 5. The van der Waals surface area contributed by atoms with Crippen LogP contribution in [0.2, 0.25) is 0 Å². The lowest BCUT2D eigenvalue weighted by Crippen LogP contribution is -2.46. The van der Waals surface area contributed by atoms with E-state index >= 15 is 0 Å². The average molecular weight is 465 g/mol. The summed E-state index contributed by atoms with van der Waals surface area (Å²) in [5.74, 6) is 1.19. The molecule has 0 saturated carbocycles. The quantitative estimate of drug-likeness (QED) is 0.385. The number of hydroxylamine groups is 2. The van der Waals surface area contributed by atoms with Crippen LogP contribution in [-0.2, 0) is 22.6 Å². The first kappa shape index (κ1) is 20.6. The molecule has 3 heterocycles. The van der Waals surface area contributed by atoms with Crippen LogP contribution < -0.4 is 10.5 Å². The van der Waals surface area contributed by atoms with Gasteiger partial charge in [-0.3, -0.25) is 0 Å². The lowest BCUT2D eigenvalue weighted by Gasteiger charge is -2.45. The Hall–Kier alpha value is -3.77. The molecular formula is C29H28N4O2. The number of benzene rings is 3. The van der Waals surface area contributed by atoms with Crippen LogP contribution in [0.1, 0.15) is 42.4 Å². The third-order valence-electron chi connectivity index (χ3n) is 7.81. The molecule has 0 bridgehead atoms. The highest BCUT2D eigenvalue weighted by Gasteiger charge is 2.55. The van der Waals surface area contributed by atoms with Crippen LogP contribution in [0.5, 0.6) is 5.75 Å². The van der Waals surface area contributed by atoms with E-state index in [1.807, 2.05) is 13.2 Å². The molecule has 35 heavy (non-hydrogen) atoms. The Morgan fingerprint density at radius 3 is 2.71 bits per heavy atom. The van der Waals surface area contributed by atoms with Crippen LogP contribution in [0, 0.1) is 0 Å². The van der Waals surface area contributed by atoms with Crippen molar-refractivity contribution in [1.82, 2.24) is 10.0 Å². The molecule has 2 aliphatic heterocycles. The Morgan fingerprint density at radius 1 is 0.971 bits per heavy atom. The minimum atomic E-state index is -0.934. The van der Waals surface area contributed by atoms with Gasteiger partial charge in [0, 0.05) is 25.2 Å². The second-order valence-electron chi connectivity index (χ2n) is 9.97. The van der Waals surface area contributed by atoms with Crippen LogP contribution in [-0.4, -0.2) is 23.1 Å². The summed E-state index contributed by atoms with van der Waals surface area (Å²) in [5.41, 5.74) is 11.7. The van der Waals surface area contributed by atoms with Gasteiger partial charge < -0.3 is 15.5 Å². The largest absolute Gasteiger partial charge is 0.482 e. The first-order valence-corrected chi connectivity index (χ1v) is 12.3. The number of hydrogen-bond acceptors (Lipinski definition) is 5. The molecule has 3 aliphatic rings. The van der Waals surface area contributed by atoms with Gasteiger partial charge in [-0.1, -0.05) is 42.5 Å². The van der Waals surface area contributed by atoms with Crippen LogP contribution in [0.25, 0.3) is 22.0 Å². The number of ether oxygens (including phenoxy) is 1. The molecule has 6 nitrogen and oxygen atoms in total. The zero-order chi connectivity index (χ0) is 23.6. The zero-order valence-electron chi connectivity index (χ0n) is 19.8. The maximum atomic E-state index is 6.96. The SMILES string of the molecule is CN1OC2(CC3(CCCCc4ccccc43)Oc3ccc(-c4ccc5cc[nH]c5c4)cc32)N=C1N.